The van der Waals surface area contributed by atoms with Crippen LogP contribution in [0.15, 0.2) is 60.7 Å². The van der Waals surface area contributed by atoms with Crippen molar-refractivity contribution in [1.29, 1.82) is 0 Å². The van der Waals surface area contributed by atoms with Crippen LogP contribution in [0.5, 0.6) is 0 Å². The number of benzene rings is 2. The number of hydrogen-bond acceptors (Lipinski definition) is 5. The highest BCUT2D eigenvalue weighted by molar-refractivity contribution is 5.95. The topological polar surface area (TPSA) is 66.9 Å². The van der Waals surface area contributed by atoms with Crippen molar-refractivity contribution in [3.63, 3.8) is 0 Å². The number of carbonyl (C=O) groups is 1. The Hall–Kier alpha value is -3.21. The molecule has 0 atom stereocenters. The lowest BCUT2D eigenvalue weighted by molar-refractivity contribution is 0.101. The van der Waals surface area contributed by atoms with Crippen LogP contribution in [-0.2, 0) is 0 Å². The first-order chi connectivity index (χ1) is 12.5. The van der Waals surface area contributed by atoms with Crippen molar-refractivity contribution < 1.29 is 4.79 Å². The molecule has 0 spiro atoms. The van der Waals surface area contributed by atoms with Gasteiger partial charge in [0, 0.05) is 28.9 Å². The molecule has 0 aliphatic carbocycles. The van der Waals surface area contributed by atoms with Crippen LogP contribution in [0.2, 0.25) is 0 Å². The fourth-order valence-corrected chi connectivity index (χ4v) is 2.57. The molecule has 5 heteroatoms. The Morgan fingerprint density at radius 3 is 2.42 bits per heavy atom. The summed E-state index contributed by atoms with van der Waals surface area (Å²) >= 11 is 0. The molecular weight excluding hydrogens is 324 g/mol. The zero-order valence-corrected chi connectivity index (χ0v) is 15.2. The molecular formula is C21H22N4O. The number of hydrogen-bond donors (Lipinski definition) is 2. The van der Waals surface area contributed by atoms with Crippen molar-refractivity contribution in [1.82, 2.24) is 9.97 Å². The van der Waals surface area contributed by atoms with E-state index in [1.54, 1.807) is 19.1 Å². The van der Waals surface area contributed by atoms with E-state index in [0.717, 1.165) is 22.8 Å². The molecule has 1 aromatic heterocycles. The molecule has 0 aliphatic heterocycles. The standard InChI is InChI=1S/C21H22N4O/c1-14(2)22-20-13-19(16-8-5-4-6-9-16)24-21(25-20)23-18-11-7-10-17(12-18)15(3)26/h4-14H,1-3H3,(H2,22,23,24,25). The van der Waals surface area contributed by atoms with Crippen LogP contribution in [0.3, 0.4) is 0 Å². The number of rotatable bonds is 6. The van der Waals surface area contributed by atoms with Crippen LogP contribution in [0.1, 0.15) is 31.1 Å². The molecule has 0 aliphatic rings. The van der Waals surface area contributed by atoms with Gasteiger partial charge in [-0.15, -0.1) is 0 Å². The van der Waals surface area contributed by atoms with E-state index in [2.05, 4.69) is 34.4 Å². The smallest absolute Gasteiger partial charge is 0.229 e. The van der Waals surface area contributed by atoms with Crippen LogP contribution in [0.25, 0.3) is 11.3 Å². The number of anilines is 3. The molecule has 132 valence electrons. The summed E-state index contributed by atoms with van der Waals surface area (Å²) in [5, 5.41) is 6.53. The van der Waals surface area contributed by atoms with Gasteiger partial charge >= 0.3 is 0 Å². The molecule has 0 unspecified atom stereocenters. The van der Waals surface area contributed by atoms with Gasteiger partial charge in [-0.05, 0) is 32.9 Å². The highest BCUT2D eigenvalue weighted by atomic mass is 16.1. The molecule has 5 nitrogen and oxygen atoms in total. The summed E-state index contributed by atoms with van der Waals surface area (Å²) in [7, 11) is 0. The summed E-state index contributed by atoms with van der Waals surface area (Å²) in [6.45, 7) is 5.68. The molecule has 2 aromatic carbocycles. The number of Topliss-reactive ketones (excluding diaryl/α,β-unsaturated/α-hetero) is 1. The maximum Gasteiger partial charge on any atom is 0.229 e. The van der Waals surface area contributed by atoms with Gasteiger partial charge in [0.25, 0.3) is 0 Å². The number of nitrogens with zero attached hydrogens (tertiary/aromatic N) is 2. The van der Waals surface area contributed by atoms with Gasteiger partial charge < -0.3 is 10.6 Å². The van der Waals surface area contributed by atoms with Crippen LogP contribution >= 0.6 is 0 Å². The predicted molar refractivity (Wildman–Crippen MR) is 106 cm³/mol. The SMILES string of the molecule is CC(=O)c1cccc(Nc2nc(NC(C)C)cc(-c3ccccc3)n2)c1. The number of ketones is 1. The van der Waals surface area contributed by atoms with Gasteiger partial charge in [0.05, 0.1) is 5.69 Å². The Balaban J connectivity index is 1.97. The first-order valence-electron chi connectivity index (χ1n) is 8.60. The van der Waals surface area contributed by atoms with Crippen LogP contribution in [0, 0.1) is 0 Å². The van der Waals surface area contributed by atoms with Crippen molar-refractivity contribution in [2.75, 3.05) is 10.6 Å². The van der Waals surface area contributed by atoms with Gasteiger partial charge in [0.1, 0.15) is 5.82 Å². The molecule has 0 saturated heterocycles. The average Bonchev–Trinajstić information content (AvgIpc) is 2.62. The highest BCUT2D eigenvalue weighted by Crippen LogP contribution is 2.23. The van der Waals surface area contributed by atoms with Crippen molar-refractivity contribution in [2.24, 2.45) is 0 Å². The second-order valence-electron chi connectivity index (χ2n) is 6.39. The Bertz CT molecular complexity index is 907. The molecule has 0 amide bonds. The molecule has 0 saturated carbocycles. The maximum atomic E-state index is 11.6. The number of nitrogens with one attached hydrogen (secondary N) is 2. The van der Waals surface area contributed by atoms with Crippen LogP contribution in [0.4, 0.5) is 17.5 Å². The maximum absolute atomic E-state index is 11.6. The second kappa shape index (κ2) is 7.78. The van der Waals surface area contributed by atoms with Gasteiger partial charge in [-0.25, -0.2) is 4.98 Å². The lowest BCUT2D eigenvalue weighted by atomic mass is 10.1. The van der Waals surface area contributed by atoms with E-state index in [1.807, 2.05) is 48.5 Å². The van der Waals surface area contributed by atoms with Crippen molar-refractivity contribution in [3.8, 4) is 11.3 Å². The zero-order chi connectivity index (χ0) is 18.5. The van der Waals surface area contributed by atoms with Crippen molar-refractivity contribution in [3.05, 3.63) is 66.2 Å². The molecule has 0 fully saturated rings. The van der Waals surface area contributed by atoms with E-state index >= 15 is 0 Å². The second-order valence-corrected chi connectivity index (χ2v) is 6.39. The average molecular weight is 346 g/mol. The van der Waals surface area contributed by atoms with E-state index in [9.17, 15) is 4.79 Å². The molecule has 3 aromatic rings. The zero-order valence-electron chi connectivity index (χ0n) is 15.2. The largest absolute Gasteiger partial charge is 0.368 e. The Kier molecular flexibility index (Phi) is 5.27. The fraction of sp³-hybridized carbons (Fsp3) is 0.190. The summed E-state index contributed by atoms with van der Waals surface area (Å²) in [6, 6.07) is 19.5. The van der Waals surface area contributed by atoms with E-state index in [-0.39, 0.29) is 11.8 Å². The van der Waals surface area contributed by atoms with Crippen molar-refractivity contribution >= 4 is 23.2 Å². The predicted octanol–water partition coefficient (Wildman–Crippen LogP) is 4.91. The lowest BCUT2D eigenvalue weighted by Crippen LogP contribution is -2.12. The first kappa shape index (κ1) is 17.6. The Morgan fingerprint density at radius 1 is 0.962 bits per heavy atom. The monoisotopic (exact) mass is 346 g/mol. The van der Waals surface area contributed by atoms with Gasteiger partial charge in [-0.1, -0.05) is 42.5 Å². The summed E-state index contributed by atoms with van der Waals surface area (Å²) in [5.41, 5.74) is 3.27. The molecule has 3 rings (SSSR count). The summed E-state index contributed by atoms with van der Waals surface area (Å²) in [4.78, 5) is 20.8. The summed E-state index contributed by atoms with van der Waals surface area (Å²) < 4.78 is 0. The third-order valence-corrected chi connectivity index (χ3v) is 3.76. The van der Waals surface area contributed by atoms with E-state index < -0.39 is 0 Å². The lowest BCUT2D eigenvalue weighted by Gasteiger charge is -2.13. The van der Waals surface area contributed by atoms with Crippen molar-refractivity contribution in [2.45, 2.75) is 26.8 Å². The summed E-state index contributed by atoms with van der Waals surface area (Å²) in [5.74, 6) is 1.25. The fourth-order valence-electron chi connectivity index (χ4n) is 2.57. The number of carbonyl (C=O) groups excluding carboxylic acids is 1. The molecule has 0 bridgehead atoms. The number of aromatic nitrogens is 2. The van der Waals surface area contributed by atoms with Crippen LogP contribution < -0.4 is 10.6 Å². The van der Waals surface area contributed by atoms with Gasteiger partial charge in [0.2, 0.25) is 5.95 Å². The highest BCUT2D eigenvalue weighted by Gasteiger charge is 2.09. The molecule has 26 heavy (non-hydrogen) atoms. The van der Waals surface area contributed by atoms with Gasteiger partial charge in [-0.3, -0.25) is 4.79 Å². The Morgan fingerprint density at radius 2 is 1.73 bits per heavy atom. The van der Waals surface area contributed by atoms with Crippen LogP contribution in [-0.4, -0.2) is 21.8 Å². The third kappa shape index (κ3) is 4.45. The quantitative estimate of drug-likeness (QED) is 0.621. The minimum atomic E-state index is 0.0229. The Labute approximate surface area is 153 Å². The van der Waals surface area contributed by atoms with E-state index in [0.29, 0.717) is 11.5 Å². The molecule has 0 radical (unpaired) electrons. The molecule has 1 heterocycles. The first-order valence-corrected chi connectivity index (χ1v) is 8.60. The molecule has 2 N–H and O–H groups in total. The van der Waals surface area contributed by atoms with E-state index in [4.69, 9.17) is 0 Å². The van der Waals surface area contributed by atoms with Gasteiger partial charge in [0.15, 0.2) is 5.78 Å². The van der Waals surface area contributed by atoms with E-state index in [1.165, 1.54) is 0 Å². The third-order valence-electron chi connectivity index (χ3n) is 3.76. The normalized spacial score (nSPS) is 10.6. The van der Waals surface area contributed by atoms with Gasteiger partial charge in [-0.2, -0.15) is 4.98 Å². The minimum Gasteiger partial charge on any atom is -0.368 e. The minimum absolute atomic E-state index is 0.0229. The summed E-state index contributed by atoms with van der Waals surface area (Å²) in [6.07, 6.45) is 0.